The summed E-state index contributed by atoms with van der Waals surface area (Å²) >= 11 is 1.84. The maximum atomic E-state index is 13.6. The summed E-state index contributed by atoms with van der Waals surface area (Å²) in [6.45, 7) is 4.26. The summed E-state index contributed by atoms with van der Waals surface area (Å²) in [5.41, 5.74) is 2.35. The Morgan fingerprint density at radius 3 is 2.58 bits per heavy atom. The maximum absolute atomic E-state index is 13.6. The van der Waals surface area contributed by atoms with E-state index in [1.165, 1.54) is 49.2 Å². The smallest absolute Gasteiger partial charge is 0.257 e. The van der Waals surface area contributed by atoms with Gasteiger partial charge in [0.25, 0.3) is 5.91 Å². The number of rotatable bonds is 3. The molecule has 0 spiro atoms. The van der Waals surface area contributed by atoms with Crippen molar-refractivity contribution >= 4 is 17.2 Å². The molecule has 0 aromatic carbocycles. The zero-order chi connectivity index (χ0) is 17.5. The van der Waals surface area contributed by atoms with Crippen LogP contribution in [0.3, 0.4) is 0 Å². The van der Waals surface area contributed by atoms with E-state index >= 15 is 0 Å². The van der Waals surface area contributed by atoms with Crippen LogP contribution in [0.4, 0.5) is 0 Å². The summed E-state index contributed by atoms with van der Waals surface area (Å²) < 4.78 is 2.14. The van der Waals surface area contributed by atoms with Crippen molar-refractivity contribution in [2.24, 2.45) is 0 Å². The minimum Gasteiger partial charge on any atom is -0.337 e. The molecular weight excluding hydrogens is 342 g/mol. The zero-order valence-electron chi connectivity index (χ0n) is 15.3. The highest BCUT2D eigenvalue weighted by Gasteiger charge is 2.35. The maximum Gasteiger partial charge on any atom is 0.257 e. The van der Waals surface area contributed by atoms with Crippen molar-refractivity contribution in [3.8, 4) is 5.00 Å². The summed E-state index contributed by atoms with van der Waals surface area (Å²) in [6, 6.07) is 4.67. The molecule has 2 saturated heterocycles. The van der Waals surface area contributed by atoms with E-state index in [4.69, 9.17) is 0 Å². The van der Waals surface area contributed by atoms with Crippen LogP contribution in [0.2, 0.25) is 0 Å². The van der Waals surface area contributed by atoms with Gasteiger partial charge in [-0.25, -0.2) is 0 Å². The Hall–Kier alpha value is -1.59. The van der Waals surface area contributed by atoms with Crippen LogP contribution in [0.5, 0.6) is 0 Å². The zero-order valence-corrected chi connectivity index (χ0v) is 16.1. The van der Waals surface area contributed by atoms with E-state index in [2.05, 4.69) is 26.8 Å². The molecule has 0 bridgehead atoms. The largest absolute Gasteiger partial charge is 0.337 e. The second-order valence-electron chi connectivity index (χ2n) is 7.92. The molecule has 5 heteroatoms. The third-order valence-electron chi connectivity index (χ3n) is 6.31. The molecule has 4 nitrogen and oxygen atoms in total. The third-order valence-corrected chi connectivity index (χ3v) is 7.62. The molecule has 5 rings (SSSR count). The standard InChI is InChI=1S/C21H27N3OS/c25-20(24-14-9-16(15-24)22-10-3-4-11-22)19-17-7-1-2-8-18(17)26-21(19)23-12-5-6-13-23/h5-6,12-13,16H,1-4,7-11,14-15H2. The van der Waals surface area contributed by atoms with Crippen molar-refractivity contribution in [2.45, 2.75) is 51.0 Å². The molecule has 138 valence electrons. The van der Waals surface area contributed by atoms with Gasteiger partial charge in [-0.15, -0.1) is 11.3 Å². The van der Waals surface area contributed by atoms with Crippen molar-refractivity contribution in [1.82, 2.24) is 14.4 Å². The molecule has 1 unspecified atom stereocenters. The molecule has 0 saturated carbocycles. The van der Waals surface area contributed by atoms with Crippen molar-refractivity contribution in [1.29, 1.82) is 0 Å². The van der Waals surface area contributed by atoms with E-state index in [9.17, 15) is 4.79 Å². The molecule has 2 aliphatic heterocycles. The fourth-order valence-corrected chi connectivity index (χ4v) is 6.26. The predicted molar refractivity (Wildman–Crippen MR) is 105 cm³/mol. The minimum absolute atomic E-state index is 0.273. The van der Waals surface area contributed by atoms with Crippen molar-refractivity contribution in [3.05, 3.63) is 40.5 Å². The first-order valence-corrected chi connectivity index (χ1v) is 10.9. The summed E-state index contributed by atoms with van der Waals surface area (Å²) in [4.78, 5) is 19.7. The Morgan fingerprint density at radius 2 is 1.77 bits per heavy atom. The lowest BCUT2D eigenvalue weighted by Crippen LogP contribution is -2.37. The second kappa shape index (κ2) is 6.86. The Morgan fingerprint density at radius 1 is 1.00 bits per heavy atom. The van der Waals surface area contributed by atoms with Crippen LogP contribution in [-0.2, 0) is 12.8 Å². The lowest BCUT2D eigenvalue weighted by Gasteiger charge is -2.24. The van der Waals surface area contributed by atoms with Gasteiger partial charge >= 0.3 is 0 Å². The normalized spacial score (nSPS) is 23.5. The fraction of sp³-hybridized carbons (Fsp3) is 0.571. The topological polar surface area (TPSA) is 28.5 Å². The lowest BCUT2D eigenvalue weighted by molar-refractivity contribution is 0.0779. The minimum atomic E-state index is 0.273. The van der Waals surface area contributed by atoms with Crippen LogP contribution >= 0.6 is 11.3 Å². The van der Waals surface area contributed by atoms with E-state index in [0.717, 1.165) is 42.9 Å². The highest BCUT2D eigenvalue weighted by molar-refractivity contribution is 7.15. The highest BCUT2D eigenvalue weighted by atomic mass is 32.1. The van der Waals surface area contributed by atoms with E-state index in [1.54, 1.807) is 0 Å². The molecule has 3 aliphatic rings. The van der Waals surface area contributed by atoms with Crippen molar-refractivity contribution < 1.29 is 4.79 Å². The summed E-state index contributed by atoms with van der Waals surface area (Å²) in [7, 11) is 0. The van der Waals surface area contributed by atoms with Gasteiger partial charge in [-0.2, -0.15) is 0 Å². The summed E-state index contributed by atoms with van der Waals surface area (Å²) in [5.74, 6) is 0.273. The number of hydrogen-bond donors (Lipinski definition) is 0. The van der Waals surface area contributed by atoms with Gasteiger partial charge in [0.1, 0.15) is 5.00 Å². The number of likely N-dealkylation sites (tertiary alicyclic amines) is 2. The van der Waals surface area contributed by atoms with Crippen molar-refractivity contribution in [2.75, 3.05) is 26.2 Å². The molecule has 0 N–H and O–H groups in total. The van der Waals surface area contributed by atoms with Gasteiger partial charge in [-0.1, -0.05) is 0 Å². The first-order valence-electron chi connectivity index (χ1n) is 10.1. The summed E-state index contributed by atoms with van der Waals surface area (Å²) in [6.07, 6.45) is 12.6. The van der Waals surface area contributed by atoms with Gasteiger partial charge in [0.2, 0.25) is 0 Å². The average Bonchev–Trinajstić information content (AvgIpc) is 3.47. The second-order valence-corrected chi connectivity index (χ2v) is 9.00. The average molecular weight is 370 g/mol. The van der Waals surface area contributed by atoms with E-state index < -0.39 is 0 Å². The molecule has 2 fully saturated rings. The van der Waals surface area contributed by atoms with Gasteiger partial charge in [0.15, 0.2) is 0 Å². The lowest BCUT2D eigenvalue weighted by atomic mass is 9.95. The number of amides is 1. The molecule has 1 amide bonds. The fourth-order valence-electron chi connectivity index (χ4n) is 4.91. The number of hydrogen-bond acceptors (Lipinski definition) is 3. The number of fused-ring (bicyclic) bond motifs is 1. The number of carbonyl (C=O) groups is 1. The first-order chi connectivity index (χ1) is 12.8. The molecule has 26 heavy (non-hydrogen) atoms. The van der Waals surface area contributed by atoms with Crippen LogP contribution in [0, 0.1) is 0 Å². The van der Waals surface area contributed by atoms with Crippen LogP contribution in [0.25, 0.3) is 5.00 Å². The number of nitrogens with zero attached hydrogens (tertiary/aromatic N) is 3. The molecule has 4 heterocycles. The highest BCUT2D eigenvalue weighted by Crippen LogP contribution is 2.38. The van der Waals surface area contributed by atoms with Gasteiger partial charge in [0.05, 0.1) is 5.56 Å². The monoisotopic (exact) mass is 369 g/mol. The van der Waals surface area contributed by atoms with E-state index in [0.29, 0.717) is 6.04 Å². The number of aromatic nitrogens is 1. The number of carbonyl (C=O) groups excluding carboxylic acids is 1. The molecule has 2 aromatic rings. The van der Waals surface area contributed by atoms with Gasteiger partial charge in [-0.05, 0) is 75.7 Å². The molecule has 1 atom stereocenters. The van der Waals surface area contributed by atoms with Crippen molar-refractivity contribution in [3.63, 3.8) is 0 Å². The Balaban J connectivity index is 1.45. The molecule has 2 aromatic heterocycles. The molecule has 0 radical (unpaired) electrons. The Kier molecular flexibility index (Phi) is 4.37. The van der Waals surface area contributed by atoms with Gasteiger partial charge < -0.3 is 9.47 Å². The van der Waals surface area contributed by atoms with Crippen LogP contribution < -0.4 is 0 Å². The van der Waals surface area contributed by atoms with Crippen LogP contribution in [0.1, 0.15) is 52.9 Å². The molecule has 1 aliphatic carbocycles. The number of aryl methyl sites for hydroxylation is 1. The van der Waals surface area contributed by atoms with Gasteiger partial charge in [0, 0.05) is 36.4 Å². The quantitative estimate of drug-likeness (QED) is 0.825. The van der Waals surface area contributed by atoms with E-state index in [1.807, 2.05) is 23.5 Å². The number of thiophene rings is 1. The van der Waals surface area contributed by atoms with Gasteiger partial charge in [-0.3, -0.25) is 9.69 Å². The molecular formula is C21H27N3OS. The SMILES string of the molecule is O=C(c1c(-n2cccc2)sc2c1CCCC2)N1CCC(N2CCCC2)C1. The van der Waals surface area contributed by atoms with Crippen LogP contribution in [0.15, 0.2) is 24.5 Å². The third kappa shape index (κ3) is 2.81. The van der Waals surface area contributed by atoms with E-state index in [-0.39, 0.29) is 5.91 Å². The Labute approximate surface area is 159 Å². The predicted octanol–water partition coefficient (Wildman–Crippen LogP) is 3.73. The first kappa shape index (κ1) is 16.6. The summed E-state index contributed by atoms with van der Waals surface area (Å²) in [5, 5.41) is 1.14. The Bertz CT molecular complexity index is 789. The van der Waals surface area contributed by atoms with Crippen LogP contribution in [-0.4, -0.2) is 52.5 Å².